The largest absolute Gasteiger partial charge is 0.0987 e. The summed E-state index contributed by atoms with van der Waals surface area (Å²) in [5.41, 5.74) is 2.85. The minimum atomic E-state index is 0.473. The van der Waals surface area contributed by atoms with E-state index in [4.69, 9.17) is 0 Å². The van der Waals surface area contributed by atoms with Gasteiger partial charge in [-0.15, -0.1) is 0 Å². The Balaban J connectivity index is 2.52. The molecule has 0 aromatic heterocycles. The second-order valence-corrected chi connectivity index (χ2v) is 5.33. The highest BCUT2D eigenvalue weighted by atomic mass is 31.1. The van der Waals surface area contributed by atoms with E-state index < -0.39 is 0 Å². The van der Waals surface area contributed by atoms with Crippen LogP contribution in [0.3, 0.4) is 0 Å². The van der Waals surface area contributed by atoms with E-state index in [2.05, 4.69) is 56.8 Å². The van der Waals surface area contributed by atoms with Gasteiger partial charge in [-0.2, -0.15) is 0 Å². The van der Waals surface area contributed by atoms with Crippen molar-refractivity contribution in [2.24, 2.45) is 0 Å². The molecule has 0 bridgehead atoms. The highest BCUT2D eigenvalue weighted by Crippen LogP contribution is 2.41. The van der Waals surface area contributed by atoms with Crippen molar-refractivity contribution in [1.82, 2.24) is 0 Å². The molecule has 1 aromatic rings. The van der Waals surface area contributed by atoms with Gasteiger partial charge in [-0.25, -0.2) is 0 Å². The number of benzene rings is 1. The van der Waals surface area contributed by atoms with Crippen molar-refractivity contribution >= 4 is 13.9 Å². The molecule has 0 fully saturated rings. The monoisotopic (exact) mass is 228 g/mol. The van der Waals surface area contributed by atoms with Gasteiger partial charge in [-0.1, -0.05) is 64.6 Å². The number of fused-ring (bicyclic) bond motifs is 1. The van der Waals surface area contributed by atoms with Crippen molar-refractivity contribution in [3.8, 4) is 0 Å². The van der Waals surface area contributed by atoms with Crippen LogP contribution in [0.2, 0.25) is 0 Å². The molecule has 0 saturated carbocycles. The Morgan fingerprint density at radius 1 is 1.31 bits per heavy atom. The molecule has 0 N–H and O–H groups in total. The predicted molar refractivity (Wildman–Crippen MR) is 74.8 cm³/mol. The first-order valence-corrected chi connectivity index (χ1v) is 6.63. The summed E-state index contributed by atoms with van der Waals surface area (Å²) in [6.07, 6.45) is 6.36. The lowest BCUT2D eigenvalue weighted by Crippen LogP contribution is -2.14. The maximum atomic E-state index is 3.95. The summed E-state index contributed by atoms with van der Waals surface area (Å²) in [5, 5.41) is 2.91. The lowest BCUT2D eigenvalue weighted by molar-refractivity contribution is 0.923. The van der Waals surface area contributed by atoms with Crippen LogP contribution in [0.15, 0.2) is 60.0 Å². The van der Waals surface area contributed by atoms with Crippen LogP contribution in [0.5, 0.6) is 0 Å². The van der Waals surface area contributed by atoms with E-state index in [-0.39, 0.29) is 0 Å². The molecular formula is C15H17P. The van der Waals surface area contributed by atoms with Gasteiger partial charge in [-0.05, 0) is 28.7 Å². The molecule has 0 amide bonds. The molecule has 0 saturated heterocycles. The Morgan fingerprint density at radius 2 is 2.06 bits per heavy atom. The normalized spacial score (nSPS) is 21.5. The summed E-state index contributed by atoms with van der Waals surface area (Å²) in [5.74, 6) is 0.473. The molecule has 0 spiro atoms. The summed E-state index contributed by atoms with van der Waals surface area (Å²) >= 11 is 0. The van der Waals surface area contributed by atoms with Crippen LogP contribution in [0, 0.1) is 0 Å². The molecule has 82 valence electrons. The Morgan fingerprint density at radius 3 is 2.75 bits per heavy atom. The van der Waals surface area contributed by atoms with Gasteiger partial charge in [0.2, 0.25) is 0 Å². The van der Waals surface area contributed by atoms with E-state index in [0.29, 0.717) is 5.92 Å². The van der Waals surface area contributed by atoms with Crippen molar-refractivity contribution in [2.45, 2.75) is 19.8 Å². The molecule has 2 rings (SSSR count). The average Bonchev–Trinajstić information content (AvgIpc) is 2.30. The standard InChI is InChI=1S/C15H17P/c1-4-8-14-12(5-2)11(3)13-9-6-7-10-15(13)16-14/h4-11,16H,2H2,1,3H3/b8-4-. The highest BCUT2D eigenvalue weighted by Gasteiger charge is 2.20. The second-order valence-electron chi connectivity index (χ2n) is 4.01. The number of allylic oxidation sites excluding steroid dienone is 5. The van der Waals surface area contributed by atoms with E-state index in [1.807, 2.05) is 6.08 Å². The molecule has 2 atom stereocenters. The third-order valence-corrected chi connectivity index (χ3v) is 4.48. The van der Waals surface area contributed by atoms with E-state index in [0.717, 1.165) is 8.58 Å². The predicted octanol–water partition coefficient (Wildman–Crippen LogP) is 4.12. The van der Waals surface area contributed by atoms with Crippen LogP contribution in [-0.2, 0) is 0 Å². The zero-order valence-electron chi connectivity index (χ0n) is 9.83. The Kier molecular flexibility index (Phi) is 3.41. The van der Waals surface area contributed by atoms with Crippen LogP contribution in [0.25, 0.3) is 0 Å². The first-order valence-electron chi connectivity index (χ1n) is 5.63. The molecule has 0 aliphatic carbocycles. The molecule has 1 heteroatoms. The molecule has 0 nitrogen and oxygen atoms in total. The molecule has 1 aromatic carbocycles. The van der Waals surface area contributed by atoms with Gasteiger partial charge in [0.05, 0.1) is 0 Å². The molecule has 16 heavy (non-hydrogen) atoms. The van der Waals surface area contributed by atoms with E-state index >= 15 is 0 Å². The lowest BCUT2D eigenvalue weighted by Gasteiger charge is -2.25. The van der Waals surface area contributed by atoms with Crippen molar-refractivity contribution in [1.29, 1.82) is 0 Å². The maximum absolute atomic E-state index is 3.95. The summed E-state index contributed by atoms with van der Waals surface area (Å²) in [6, 6.07) is 8.74. The highest BCUT2D eigenvalue weighted by molar-refractivity contribution is 7.52. The van der Waals surface area contributed by atoms with Gasteiger partial charge < -0.3 is 0 Å². The minimum absolute atomic E-state index is 0.473. The summed E-state index contributed by atoms with van der Waals surface area (Å²) < 4.78 is 0. The molecule has 1 aliphatic rings. The van der Waals surface area contributed by atoms with E-state index in [1.54, 1.807) is 0 Å². The fourth-order valence-corrected chi connectivity index (χ4v) is 3.82. The van der Waals surface area contributed by atoms with Crippen molar-refractivity contribution in [3.05, 3.63) is 65.5 Å². The van der Waals surface area contributed by atoms with Crippen molar-refractivity contribution in [2.75, 3.05) is 0 Å². The van der Waals surface area contributed by atoms with Gasteiger partial charge in [0.25, 0.3) is 0 Å². The molecule has 2 unspecified atom stereocenters. The van der Waals surface area contributed by atoms with Crippen molar-refractivity contribution in [3.63, 3.8) is 0 Å². The number of hydrogen-bond donors (Lipinski definition) is 0. The summed E-state index contributed by atoms with van der Waals surface area (Å²) in [6.45, 7) is 8.29. The van der Waals surface area contributed by atoms with Crippen LogP contribution in [0.4, 0.5) is 0 Å². The second kappa shape index (κ2) is 4.80. The molecular weight excluding hydrogens is 211 g/mol. The third kappa shape index (κ3) is 1.90. The summed E-state index contributed by atoms with van der Waals surface area (Å²) in [4.78, 5) is 0. The van der Waals surface area contributed by atoms with Crippen LogP contribution < -0.4 is 5.30 Å². The maximum Gasteiger partial charge on any atom is 0.00734 e. The first-order chi connectivity index (χ1) is 7.77. The van der Waals surface area contributed by atoms with Gasteiger partial charge >= 0.3 is 0 Å². The molecule has 1 heterocycles. The molecule has 1 aliphatic heterocycles. The van der Waals surface area contributed by atoms with Crippen LogP contribution in [0.1, 0.15) is 25.3 Å². The number of hydrogen-bond acceptors (Lipinski definition) is 0. The van der Waals surface area contributed by atoms with E-state index in [1.165, 1.54) is 21.8 Å². The smallest absolute Gasteiger partial charge is 0.00734 e. The quantitative estimate of drug-likeness (QED) is 0.668. The fraction of sp³-hybridized carbons (Fsp3) is 0.200. The Labute approximate surface area is 99.6 Å². The fourth-order valence-electron chi connectivity index (χ4n) is 2.20. The Hall–Kier alpha value is -1.13. The lowest BCUT2D eigenvalue weighted by atomic mass is 9.92. The Bertz CT molecular complexity index is 466. The zero-order chi connectivity index (χ0) is 11.5. The minimum Gasteiger partial charge on any atom is -0.0987 e. The summed E-state index contributed by atoms with van der Waals surface area (Å²) in [7, 11) is 0.765. The van der Waals surface area contributed by atoms with Gasteiger partial charge in [0, 0.05) is 5.92 Å². The van der Waals surface area contributed by atoms with Crippen molar-refractivity contribution < 1.29 is 0 Å². The topological polar surface area (TPSA) is 0 Å². The van der Waals surface area contributed by atoms with Gasteiger partial charge in [0.1, 0.15) is 0 Å². The average molecular weight is 228 g/mol. The van der Waals surface area contributed by atoms with Gasteiger partial charge in [-0.3, -0.25) is 0 Å². The number of rotatable bonds is 2. The SMILES string of the molecule is C=CC1=C(/C=C\C)Pc2ccccc2C1C. The molecule has 0 radical (unpaired) electrons. The van der Waals surface area contributed by atoms with Crippen LogP contribution >= 0.6 is 8.58 Å². The first kappa shape index (κ1) is 11.4. The van der Waals surface area contributed by atoms with Crippen LogP contribution in [-0.4, -0.2) is 0 Å². The third-order valence-electron chi connectivity index (χ3n) is 3.03. The van der Waals surface area contributed by atoms with E-state index in [9.17, 15) is 0 Å². The van der Waals surface area contributed by atoms with Gasteiger partial charge in [0.15, 0.2) is 0 Å². The zero-order valence-corrected chi connectivity index (χ0v) is 10.8.